The number of rotatable bonds is 1. The molecule has 0 atom stereocenters. The monoisotopic (exact) mass is 234 g/mol. The van der Waals surface area contributed by atoms with E-state index in [4.69, 9.17) is 8.83 Å². The van der Waals surface area contributed by atoms with E-state index in [1.807, 2.05) is 24.3 Å². The third kappa shape index (κ3) is 1.23. The first kappa shape index (κ1) is 9.54. The first-order valence-electron chi connectivity index (χ1n) is 5.85. The summed E-state index contributed by atoms with van der Waals surface area (Å²) in [4.78, 5) is 0. The van der Waals surface area contributed by atoms with Crippen LogP contribution in [0.3, 0.4) is 0 Å². The normalized spacial score (nSPS) is 11.3. The Morgan fingerprint density at radius 1 is 0.667 bits per heavy atom. The molecule has 0 fully saturated rings. The smallest absolute Gasteiger partial charge is 0.142 e. The van der Waals surface area contributed by atoms with E-state index in [0.717, 1.165) is 32.9 Å². The molecule has 0 radical (unpaired) electrons. The van der Waals surface area contributed by atoms with Crippen LogP contribution in [0, 0.1) is 0 Å². The molecule has 0 aliphatic heterocycles. The van der Waals surface area contributed by atoms with Gasteiger partial charge >= 0.3 is 0 Å². The second kappa shape index (κ2) is 3.50. The Morgan fingerprint density at radius 3 is 2.50 bits per heavy atom. The molecule has 4 rings (SSSR count). The fourth-order valence-corrected chi connectivity index (χ4v) is 2.39. The molecule has 2 heteroatoms. The van der Waals surface area contributed by atoms with Gasteiger partial charge in [0.1, 0.15) is 5.76 Å². The molecule has 0 saturated heterocycles. The fourth-order valence-electron chi connectivity index (χ4n) is 2.39. The molecule has 2 aromatic heterocycles. The Bertz CT molecular complexity index is 836. The van der Waals surface area contributed by atoms with Crippen molar-refractivity contribution in [2.24, 2.45) is 0 Å². The summed E-state index contributed by atoms with van der Waals surface area (Å²) in [5.41, 5.74) is 1.07. The van der Waals surface area contributed by atoms with Gasteiger partial charge in [-0.25, -0.2) is 0 Å². The molecule has 2 heterocycles. The molecule has 4 aromatic rings. The third-order valence-corrected chi connectivity index (χ3v) is 3.27. The van der Waals surface area contributed by atoms with Gasteiger partial charge in [0, 0.05) is 27.1 Å². The molecule has 18 heavy (non-hydrogen) atoms. The van der Waals surface area contributed by atoms with Gasteiger partial charge in [0.15, 0.2) is 0 Å². The van der Waals surface area contributed by atoms with Gasteiger partial charge in [-0.2, -0.15) is 0 Å². The zero-order valence-corrected chi connectivity index (χ0v) is 9.59. The van der Waals surface area contributed by atoms with Gasteiger partial charge in [-0.05, 0) is 0 Å². The van der Waals surface area contributed by atoms with Gasteiger partial charge in [-0.15, -0.1) is 0 Å². The first-order valence-corrected chi connectivity index (χ1v) is 5.85. The number of fused-ring (bicyclic) bond motifs is 2. The summed E-state index contributed by atoms with van der Waals surface area (Å²) in [6.45, 7) is 0. The van der Waals surface area contributed by atoms with Gasteiger partial charge < -0.3 is 8.83 Å². The lowest BCUT2D eigenvalue weighted by Gasteiger charge is -1.99. The Balaban J connectivity index is 2.10. The van der Waals surface area contributed by atoms with Crippen molar-refractivity contribution >= 4 is 21.5 Å². The molecule has 2 nitrogen and oxygen atoms in total. The third-order valence-electron chi connectivity index (χ3n) is 3.27. The van der Waals surface area contributed by atoms with Crippen LogP contribution >= 0.6 is 0 Å². The highest BCUT2D eigenvalue weighted by atomic mass is 16.3. The van der Waals surface area contributed by atoms with Crippen molar-refractivity contribution < 1.29 is 8.83 Å². The molecule has 0 unspecified atom stereocenters. The van der Waals surface area contributed by atoms with Crippen LogP contribution in [0.2, 0.25) is 0 Å². The van der Waals surface area contributed by atoms with Crippen LogP contribution in [-0.2, 0) is 0 Å². The van der Waals surface area contributed by atoms with Crippen molar-refractivity contribution in [2.75, 3.05) is 0 Å². The summed E-state index contributed by atoms with van der Waals surface area (Å²) < 4.78 is 11.0. The molecule has 0 aliphatic rings. The van der Waals surface area contributed by atoms with E-state index in [2.05, 4.69) is 18.2 Å². The summed E-state index contributed by atoms with van der Waals surface area (Å²) in [6.07, 6.45) is 5.31. The fraction of sp³-hybridized carbons (Fsp3) is 0. The Hall–Kier alpha value is -2.48. The lowest BCUT2D eigenvalue weighted by molar-refractivity contribution is 0.571. The van der Waals surface area contributed by atoms with E-state index in [9.17, 15) is 0 Å². The van der Waals surface area contributed by atoms with Crippen molar-refractivity contribution in [3.63, 3.8) is 0 Å². The standard InChI is InChI=1S/C16H10O2/c1-2-6-13-12(4-1)9-18-16(13)14-7-3-5-11-8-17-10-15(11)14/h1-10H. The Labute approximate surface area is 103 Å². The van der Waals surface area contributed by atoms with Crippen LogP contribution in [-0.4, -0.2) is 0 Å². The van der Waals surface area contributed by atoms with E-state index < -0.39 is 0 Å². The van der Waals surface area contributed by atoms with E-state index >= 15 is 0 Å². The zero-order valence-electron chi connectivity index (χ0n) is 9.59. The van der Waals surface area contributed by atoms with E-state index in [1.165, 1.54) is 0 Å². The molecule has 0 amide bonds. The second-order valence-electron chi connectivity index (χ2n) is 4.33. The van der Waals surface area contributed by atoms with Crippen molar-refractivity contribution in [1.29, 1.82) is 0 Å². The average Bonchev–Trinajstić information content (AvgIpc) is 3.05. The largest absolute Gasteiger partial charge is 0.471 e. The van der Waals surface area contributed by atoms with Gasteiger partial charge in [0.2, 0.25) is 0 Å². The molecular formula is C16H10O2. The maximum atomic E-state index is 5.74. The average molecular weight is 234 g/mol. The number of hydrogen-bond donors (Lipinski definition) is 0. The van der Waals surface area contributed by atoms with Crippen molar-refractivity contribution in [3.8, 4) is 11.3 Å². The van der Waals surface area contributed by atoms with Crippen LogP contribution in [0.5, 0.6) is 0 Å². The van der Waals surface area contributed by atoms with Crippen LogP contribution in [0.25, 0.3) is 32.9 Å². The maximum absolute atomic E-state index is 5.74. The summed E-state index contributed by atoms with van der Waals surface area (Å²) >= 11 is 0. The highest BCUT2D eigenvalue weighted by Gasteiger charge is 2.11. The highest BCUT2D eigenvalue weighted by Crippen LogP contribution is 2.35. The van der Waals surface area contributed by atoms with Crippen molar-refractivity contribution in [3.05, 3.63) is 61.3 Å². The van der Waals surface area contributed by atoms with E-state index in [0.29, 0.717) is 0 Å². The maximum Gasteiger partial charge on any atom is 0.142 e. The molecule has 86 valence electrons. The number of benzene rings is 2. The SMILES string of the molecule is c1cc(-c2occ3ccccc23)c2cocc2c1. The zero-order chi connectivity index (χ0) is 11.9. The van der Waals surface area contributed by atoms with Crippen LogP contribution in [0.1, 0.15) is 0 Å². The minimum atomic E-state index is 0.901. The lowest BCUT2D eigenvalue weighted by Crippen LogP contribution is -1.76. The van der Waals surface area contributed by atoms with Gasteiger partial charge in [0.05, 0.1) is 18.8 Å². The van der Waals surface area contributed by atoms with Crippen molar-refractivity contribution in [2.45, 2.75) is 0 Å². The summed E-state index contributed by atoms with van der Waals surface area (Å²) in [6, 6.07) is 14.3. The number of furan rings is 2. The predicted molar refractivity (Wildman–Crippen MR) is 71.4 cm³/mol. The molecule has 0 spiro atoms. The molecule has 0 N–H and O–H groups in total. The predicted octanol–water partition coefficient (Wildman–Crippen LogP) is 4.85. The lowest BCUT2D eigenvalue weighted by atomic mass is 10.0. The van der Waals surface area contributed by atoms with Crippen LogP contribution in [0.15, 0.2) is 70.1 Å². The quantitative estimate of drug-likeness (QED) is 0.470. The minimum Gasteiger partial charge on any atom is -0.471 e. The first-order chi connectivity index (χ1) is 8.93. The molecule has 0 aliphatic carbocycles. The molecule has 0 saturated carbocycles. The van der Waals surface area contributed by atoms with Gasteiger partial charge in [-0.1, -0.05) is 42.5 Å². The molecular weight excluding hydrogens is 224 g/mol. The second-order valence-corrected chi connectivity index (χ2v) is 4.33. The molecule has 0 bridgehead atoms. The highest BCUT2D eigenvalue weighted by molar-refractivity contribution is 6.03. The van der Waals surface area contributed by atoms with Crippen LogP contribution in [0.4, 0.5) is 0 Å². The summed E-state index contributed by atoms with van der Waals surface area (Å²) in [5.74, 6) is 0.901. The molecule has 2 aromatic carbocycles. The Kier molecular flexibility index (Phi) is 1.86. The topological polar surface area (TPSA) is 26.3 Å². The Morgan fingerprint density at radius 2 is 1.50 bits per heavy atom. The summed E-state index contributed by atoms with van der Waals surface area (Å²) in [7, 11) is 0. The number of hydrogen-bond acceptors (Lipinski definition) is 2. The summed E-state index contributed by atoms with van der Waals surface area (Å²) in [5, 5.41) is 4.42. The van der Waals surface area contributed by atoms with Gasteiger partial charge in [0.25, 0.3) is 0 Å². The van der Waals surface area contributed by atoms with E-state index in [1.54, 1.807) is 18.8 Å². The van der Waals surface area contributed by atoms with E-state index in [-0.39, 0.29) is 0 Å². The minimum absolute atomic E-state index is 0.901. The van der Waals surface area contributed by atoms with Crippen molar-refractivity contribution in [1.82, 2.24) is 0 Å². The van der Waals surface area contributed by atoms with Gasteiger partial charge in [-0.3, -0.25) is 0 Å². The van der Waals surface area contributed by atoms with Crippen LogP contribution < -0.4 is 0 Å².